The van der Waals surface area contributed by atoms with Gasteiger partial charge in [-0.25, -0.2) is 0 Å². The first-order valence-corrected chi connectivity index (χ1v) is 6.84. The average Bonchev–Trinajstić information content (AvgIpc) is 2.35. The van der Waals surface area contributed by atoms with Crippen LogP contribution in [0.15, 0.2) is 34.8 Å². The van der Waals surface area contributed by atoms with Gasteiger partial charge in [-0.15, -0.1) is 0 Å². The second kappa shape index (κ2) is 5.54. The second-order valence-electron chi connectivity index (χ2n) is 4.64. The maximum absolute atomic E-state index is 12.2. The van der Waals surface area contributed by atoms with E-state index in [-0.39, 0.29) is 11.7 Å². The van der Waals surface area contributed by atoms with E-state index in [2.05, 4.69) is 21.2 Å². The van der Waals surface area contributed by atoms with E-state index in [0.29, 0.717) is 22.5 Å². The number of anilines is 2. The third-order valence-electron chi connectivity index (χ3n) is 3.05. The summed E-state index contributed by atoms with van der Waals surface area (Å²) in [6, 6.07) is 8.47. The highest BCUT2D eigenvalue weighted by atomic mass is 79.9. The molecular formula is C15H15BrN2O2. The number of benzene rings is 2. The summed E-state index contributed by atoms with van der Waals surface area (Å²) in [6.45, 7) is 3.60. The molecule has 5 heteroatoms. The van der Waals surface area contributed by atoms with Crippen molar-refractivity contribution in [2.75, 3.05) is 11.1 Å². The number of rotatable bonds is 2. The van der Waals surface area contributed by atoms with Gasteiger partial charge >= 0.3 is 0 Å². The number of aromatic hydroxyl groups is 1. The number of aryl methyl sites for hydroxylation is 2. The van der Waals surface area contributed by atoms with Crippen LogP contribution in [-0.4, -0.2) is 11.0 Å². The summed E-state index contributed by atoms with van der Waals surface area (Å²) in [5.74, 6) is -0.0631. The normalized spacial score (nSPS) is 10.3. The molecule has 0 radical (unpaired) electrons. The number of phenols is 1. The molecule has 2 aromatic carbocycles. The van der Waals surface area contributed by atoms with Crippen LogP contribution < -0.4 is 11.1 Å². The minimum absolute atomic E-state index is 0.212. The molecule has 0 aliphatic heterocycles. The molecule has 0 unspecified atom stereocenters. The number of nitrogen functional groups attached to an aromatic ring is 1. The van der Waals surface area contributed by atoms with E-state index in [0.717, 1.165) is 10.0 Å². The molecule has 0 saturated carbocycles. The average molecular weight is 335 g/mol. The van der Waals surface area contributed by atoms with E-state index in [1.807, 2.05) is 6.92 Å². The van der Waals surface area contributed by atoms with Gasteiger partial charge in [0, 0.05) is 15.8 Å². The quantitative estimate of drug-likeness (QED) is 0.580. The lowest BCUT2D eigenvalue weighted by Crippen LogP contribution is -2.14. The first-order chi connectivity index (χ1) is 9.38. The molecule has 2 rings (SSSR count). The van der Waals surface area contributed by atoms with Crippen LogP contribution in [0.3, 0.4) is 0 Å². The number of halogens is 1. The zero-order chi connectivity index (χ0) is 14.9. The van der Waals surface area contributed by atoms with Crippen LogP contribution in [0.25, 0.3) is 0 Å². The van der Waals surface area contributed by atoms with Gasteiger partial charge in [0.05, 0.1) is 5.56 Å². The summed E-state index contributed by atoms with van der Waals surface area (Å²) >= 11 is 3.30. The Morgan fingerprint density at radius 1 is 1.20 bits per heavy atom. The van der Waals surface area contributed by atoms with Gasteiger partial charge in [-0.1, -0.05) is 15.9 Å². The van der Waals surface area contributed by atoms with Crippen LogP contribution in [0.1, 0.15) is 21.5 Å². The van der Waals surface area contributed by atoms with Gasteiger partial charge in [0.1, 0.15) is 5.75 Å². The van der Waals surface area contributed by atoms with Crippen molar-refractivity contribution in [2.24, 2.45) is 0 Å². The Balaban J connectivity index is 2.30. The molecule has 0 atom stereocenters. The molecule has 0 aliphatic carbocycles. The zero-order valence-electron chi connectivity index (χ0n) is 11.2. The molecule has 0 aromatic heterocycles. The Labute approximate surface area is 125 Å². The molecule has 1 amide bonds. The fourth-order valence-corrected chi connectivity index (χ4v) is 2.24. The molecule has 0 aliphatic rings. The Kier molecular flexibility index (Phi) is 3.99. The summed E-state index contributed by atoms with van der Waals surface area (Å²) < 4.78 is 0.822. The maximum atomic E-state index is 12.2. The van der Waals surface area contributed by atoms with Crippen LogP contribution in [0, 0.1) is 13.8 Å². The fraction of sp³-hybridized carbons (Fsp3) is 0.133. The molecule has 0 spiro atoms. The fourth-order valence-electron chi connectivity index (χ4n) is 1.87. The first kappa shape index (κ1) is 14.4. The highest BCUT2D eigenvalue weighted by molar-refractivity contribution is 9.10. The maximum Gasteiger partial charge on any atom is 0.257 e. The molecule has 4 nitrogen and oxygen atoms in total. The van der Waals surface area contributed by atoms with Gasteiger partial charge in [0.25, 0.3) is 5.91 Å². The second-order valence-corrected chi connectivity index (χ2v) is 5.55. The summed E-state index contributed by atoms with van der Waals surface area (Å²) in [7, 11) is 0. The lowest BCUT2D eigenvalue weighted by Gasteiger charge is -2.12. The number of nitrogens with one attached hydrogen (secondary N) is 1. The molecule has 0 heterocycles. The van der Waals surface area contributed by atoms with Crippen molar-refractivity contribution in [3.63, 3.8) is 0 Å². The Morgan fingerprint density at radius 2 is 1.90 bits per heavy atom. The summed E-state index contributed by atoms with van der Waals surface area (Å²) in [6.07, 6.45) is 0. The van der Waals surface area contributed by atoms with Gasteiger partial charge in [-0.2, -0.15) is 0 Å². The van der Waals surface area contributed by atoms with E-state index < -0.39 is 0 Å². The number of carbonyl (C=O) groups is 1. The molecule has 104 valence electrons. The molecule has 20 heavy (non-hydrogen) atoms. The zero-order valence-corrected chi connectivity index (χ0v) is 12.8. The molecule has 0 saturated heterocycles. The van der Waals surface area contributed by atoms with Crippen molar-refractivity contribution < 1.29 is 9.90 Å². The molecule has 0 bridgehead atoms. The predicted molar refractivity (Wildman–Crippen MR) is 84.1 cm³/mol. The largest absolute Gasteiger partial charge is 0.508 e. The van der Waals surface area contributed by atoms with Crippen LogP contribution in [-0.2, 0) is 0 Å². The standard InChI is InChI=1S/C15H15BrN2O2/c1-8-6-14(19)9(2)5-13(8)18-15(20)11-4-3-10(16)7-12(11)17/h3-7,19H,17H2,1-2H3,(H,18,20). The Hall–Kier alpha value is -2.01. The monoisotopic (exact) mass is 334 g/mol. The predicted octanol–water partition coefficient (Wildman–Crippen LogP) is 3.61. The van der Waals surface area contributed by atoms with Crippen LogP contribution >= 0.6 is 15.9 Å². The van der Waals surface area contributed by atoms with Crippen LogP contribution in [0.4, 0.5) is 11.4 Å². The van der Waals surface area contributed by atoms with Crippen LogP contribution in [0.5, 0.6) is 5.75 Å². The summed E-state index contributed by atoms with van der Waals surface area (Å²) in [5, 5.41) is 12.4. The molecule has 4 N–H and O–H groups in total. The minimum Gasteiger partial charge on any atom is -0.508 e. The van der Waals surface area contributed by atoms with Gasteiger partial charge in [-0.05, 0) is 55.3 Å². The summed E-state index contributed by atoms with van der Waals surface area (Å²) in [4.78, 5) is 12.2. The van der Waals surface area contributed by atoms with Crippen molar-refractivity contribution in [1.82, 2.24) is 0 Å². The third kappa shape index (κ3) is 2.93. The number of phenolic OH excluding ortho intramolecular Hbond substituents is 1. The highest BCUT2D eigenvalue weighted by Gasteiger charge is 2.12. The van der Waals surface area contributed by atoms with Crippen molar-refractivity contribution in [3.05, 3.63) is 51.5 Å². The van der Waals surface area contributed by atoms with E-state index in [4.69, 9.17) is 5.73 Å². The molecular weight excluding hydrogens is 320 g/mol. The van der Waals surface area contributed by atoms with Crippen molar-refractivity contribution in [2.45, 2.75) is 13.8 Å². The smallest absolute Gasteiger partial charge is 0.257 e. The van der Waals surface area contributed by atoms with E-state index >= 15 is 0 Å². The van der Waals surface area contributed by atoms with E-state index in [1.165, 1.54) is 0 Å². The van der Waals surface area contributed by atoms with Crippen molar-refractivity contribution >= 4 is 33.2 Å². The number of amides is 1. The SMILES string of the molecule is Cc1cc(NC(=O)c2ccc(Br)cc2N)c(C)cc1O. The Bertz CT molecular complexity index is 684. The third-order valence-corrected chi connectivity index (χ3v) is 3.54. The van der Waals surface area contributed by atoms with Crippen LogP contribution in [0.2, 0.25) is 0 Å². The number of nitrogens with two attached hydrogens (primary N) is 1. The number of hydrogen-bond acceptors (Lipinski definition) is 3. The Morgan fingerprint density at radius 3 is 2.55 bits per heavy atom. The topological polar surface area (TPSA) is 75.4 Å². The number of carbonyl (C=O) groups excluding carboxylic acids is 1. The highest BCUT2D eigenvalue weighted by Crippen LogP contribution is 2.26. The van der Waals surface area contributed by atoms with Gasteiger partial charge in [0.15, 0.2) is 0 Å². The lowest BCUT2D eigenvalue weighted by molar-refractivity contribution is 0.102. The van der Waals surface area contributed by atoms with Crippen molar-refractivity contribution in [3.8, 4) is 5.75 Å². The molecule has 2 aromatic rings. The van der Waals surface area contributed by atoms with E-state index in [9.17, 15) is 9.90 Å². The first-order valence-electron chi connectivity index (χ1n) is 6.05. The van der Waals surface area contributed by atoms with Gasteiger partial charge in [-0.3, -0.25) is 4.79 Å². The van der Waals surface area contributed by atoms with E-state index in [1.54, 1.807) is 37.3 Å². The van der Waals surface area contributed by atoms with Gasteiger partial charge in [0.2, 0.25) is 0 Å². The molecule has 0 fully saturated rings. The minimum atomic E-state index is -0.275. The summed E-state index contributed by atoms with van der Waals surface area (Å²) in [5.41, 5.74) is 8.81. The van der Waals surface area contributed by atoms with Crippen molar-refractivity contribution in [1.29, 1.82) is 0 Å². The number of hydrogen-bond donors (Lipinski definition) is 3. The van der Waals surface area contributed by atoms with Gasteiger partial charge < -0.3 is 16.2 Å². The lowest BCUT2D eigenvalue weighted by atomic mass is 10.1.